The molecule has 0 atom stereocenters. The van der Waals surface area contributed by atoms with Crippen LogP contribution in [0.3, 0.4) is 0 Å². The Morgan fingerprint density at radius 3 is 1.52 bits per heavy atom. The summed E-state index contributed by atoms with van der Waals surface area (Å²) in [5.41, 5.74) is 18.6. The lowest BCUT2D eigenvalue weighted by atomic mass is 9.92. The summed E-state index contributed by atoms with van der Waals surface area (Å²) in [5, 5.41) is 8.43. The highest BCUT2D eigenvalue weighted by molar-refractivity contribution is 6.20. The van der Waals surface area contributed by atoms with Crippen LogP contribution in [0.25, 0.3) is 110 Å². The fourth-order valence-corrected chi connectivity index (χ4v) is 11.4. The van der Waals surface area contributed by atoms with Gasteiger partial charge in [0, 0.05) is 55.2 Å². The Balaban J connectivity index is 0.977. The quantitative estimate of drug-likeness (QED) is 0.141. The molecule has 0 N–H and O–H groups in total. The number of nitrogens with zero attached hydrogens (tertiary/aromatic N) is 3. The van der Waals surface area contributed by atoms with Gasteiger partial charge in [-0.05, 0) is 117 Å². The standard InChI is InChI=1S/C70H47N3/c1-5-20-48(21-6-1)49-36-40-56(41-37-49)73-69(53-25-9-3-10-26-53)68(52-23-7-2-8-24-52)64-47-62(59-31-15-16-33-61(59)70(64)73)51-38-42-55(43-39-51)71(65-35-19-27-50-22-13-14-30-58(50)65)57-44-45-67-63(46-57)60-32-17-18-34-66(60)72(67)54-28-11-4-12-29-54/h1-47H. The summed E-state index contributed by atoms with van der Waals surface area (Å²) < 4.78 is 4.89. The van der Waals surface area contributed by atoms with E-state index in [2.05, 4.69) is 299 Å². The number of fused-ring (bicyclic) bond motifs is 7. The molecule has 0 aliphatic heterocycles. The third-order valence-electron chi connectivity index (χ3n) is 14.7. The third-order valence-corrected chi connectivity index (χ3v) is 14.7. The Morgan fingerprint density at radius 2 is 0.795 bits per heavy atom. The molecule has 0 saturated heterocycles. The number of hydrogen-bond donors (Lipinski definition) is 0. The van der Waals surface area contributed by atoms with E-state index >= 15 is 0 Å². The van der Waals surface area contributed by atoms with Crippen LogP contribution in [0, 0.1) is 0 Å². The number of rotatable bonds is 9. The Bertz CT molecular complexity index is 4320. The molecule has 342 valence electrons. The van der Waals surface area contributed by atoms with Crippen molar-refractivity contribution in [2.45, 2.75) is 0 Å². The van der Waals surface area contributed by atoms with E-state index in [-0.39, 0.29) is 0 Å². The summed E-state index contributed by atoms with van der Waals surface area (Å²) in [4.78, 5) is 2.43. The molecule has 0 fully saturated rings. The molecule has 0 radical (unpaired) electrons. The SMILES string of the molecule is c1ccc(-c2ccc(-n3c(-c4ccccc4)c(-c4ccccc4)c4cc(-c5ccc(N(c6ccc7c(c6)c6ccccc6n7-c6ccccc6)c6cccc7ccccc67)cc5)c5ccccc5c43)cc2)cc1. The lowest BCUT2D eigenvalue weighted by Gasteiger charge is -2.27. The zero-order valence-corrected chi connectivity index (χ0v) is 40.0. The molecule has 2 heterocycles. The van der Waals surface area contributed by atoms with Crippen molar-refractivity contribution in [2.24, 2.45) is 0 Å². The van der Waals surface area contributed by atoms with E-state index in [0.29, 0.717) is 0 Å². The second kappa shape index (κ2) is 17.6. The summed E-state index contributed by atoms with van der Waals surface area (Å²) in [7, 11) is 0. The van der Waals surface area contributed by atoms with E-state index in [1.165, 1.54) is 87.8 Å². The molecule has 73 heavy (non-hydrogen) atoms. The van der Waals surface area contributed by atoms with Crippen molar-refractivity contribution in [2.75, 3.05) is 4.90 Å². The van der Waals surface area contributed by atoms with Crippen LogP contribution in [0.15, 0.2) is 285 Å². The van der Waals surface area contributed by atoms with Crippen molar-refractivity contribution in [3.63, 3.8) is 0 Å². The van der Waals surface area contributed by atoms with Crippen molar-refractivity contribution in [3.8, 4) is 56.0 Å². The molecule has 0 aliphatic carbocycles. The van der Waals surface area contributed by atoms with Gasteiger partial charge in [-0.1, -0.05) is 212 Å². The predicted molar refractivity (Wildman–Crippen MR) is 309 cm³/mol. The summed E-state index contributed by atoms with van der Waals surface area (Å²) >= 11 is 0. The highest BCUT2D eigenvalue weighted by atomic mass is 15.1. The van der Waals surface area contributed by atoms with Gasteiger partial charge in [0.25, 0.3) is 0 Å². The fourth-order valence-electron chi connectivity index (χ4n) is 11.4. The second-order valence-electron chi connectivity index (χ2n) is 18.8. The van der Waals surface area contributed by atoms with Gasteiger partial charge in [-0.15, -0.1) is 0 Å². The largest absolute Gasteiger partial charge is 0.310 e. The molecule has 14 aromatic rings. The average Bonchev–Trinajstić information content (AvgIpc) is 4.02. The van der Waals surface area contributed by atoms with Crippen LogP contribution >= 0.6 is 0 Å². The van der Waals surface area contributed by atoms with Crippen LogP contribution in [0.4, 0.5) is 17.1 Å². The van der Waals surface area contributed by atoms with Crippen molar-refractivity contribution >= 4 is 71.3 Å². The first kappa shape index (κ1) is 42.2. The van der Waals surface area contributed by atoms with Gasteiger partial charge < -0.3 is 14.0 Å². The van der Waals surface area contributed by atoms with Crippen LogP contribution in [-0.4, -0.2) is 9.13 Å². The maximum absolute atomic E-state index is 2.51. The van der Waals surface area contributed by atoms with Crippen molar-refractivity contribution in [1.82, 2.24) is 9.13 Å². The molecule has 3 heteroatoms. The van der Waals surface area contributed by atoms with Gasteiger partial charge in [0.1, 0.15) is 0 Å². The zero-order chi connectivity index (χ0) is 48.2. The minimum atomic E-state index is 1.08. The minimum Gasteiger partial charge on any atom is -0.310 e. The van der Waals surface area contributed by atoms with E-state index in [9.17, 15) is 0 Å². The number of anilines is 3. The first-order valence-electron chi connectivity index (χ1n) is 25.1. The van der Waals surface area contributed by atoms with Crippen LogP contribution < -0.4 is 4.90 Å². The number of para-hydroxylation sites is 2. The van der Waals surface area contributed by atoms with Crippen LogP contribution in [0.2, 0.25) is 0 Å². The third kappa shape index (κ3) is 7.13. The van der Waals surface area contributed by atoms with E-state index in [1.54, 1.807) is 0 Å². The average molecular weight is 930 g/mol. The van der Waals surface area contributed by atoms with E-state index in [4.69, 9.17) is 0 Å². The molecule has 2 aromatic heterocycles. The molecular weight excluding hydrogens is 883 g/mol. The monoisotopic (exact) mass is 929 g/mol. The maximum Gasteiger partial charge on any atom is 0.0620 e. The van der Waals surface area contributed by atoms with E-state index in [0.717, 1.165) is 39.6 Å². The molecule has 0 bridgehead atoms. The van der Waals surface area contributed by atoms with E-state index in [1.807, 2.05) is 0 Å². The molecular formula is C70H47N3. The topological polar surface area (TPSA) is 13.1 Å². The van der Waals surface area contributed by atoms with Gasteiger partial charge in [0.2, 0.25) is 0 Å². The molecule has 0 unspecified atom stereocenters. The second-order valence-corrected chi connectivity index (χ2v) is 18.8. The summed E-state index contributed by atoms with van der Waals surface area (Å²) in [6.45, 7) is 0. The van der Waals surface area contributed by atoms with Gasteiger partial charge in [-0.2, -0.15) is 0 Å². The van der Waals surface area contributed by atoms with E-state index < -0.39 is 0 Å². The Labute approximate surface area is 424 Å². The maximum atomic E-state index is 2.51. The molecule has 0 aliphatic rings. The molecule has 0 amide bonds. The molecule has 14 rings (SSSR count). The normalized spacial score (nSPS) is 11.6. The van der Waals surface area contributed by atoms with Gasteiger partial charge in [0.05, 0.1) is 27.9 Å². The minimum absolute atomic E-state index is 1.08. The summed E-state index contributed by atoms with van der Waals surface area (Å²) in [6.07, 6.45) is 0. The van der Waals surface area contributed by atoms with Gasteiger partial charge in [0.15, 0.2) is 0 Å². The highest BCUT2D eigenvalue weighted by Crippen LogP contribution is 2.49. The lowest BCUT2D eigenvalue weighted by Crippen LogP contribution is -2.10. The Morgan fingerprint density at radius 1 is 0.274 bits per heavy atom. The van der Waals surface area contributed by atoms with Crippen molar-refractivity contribution in [1.29, 1.82) is 0 Å². The molecule has 0 spiro atoms. The van der Waals surface area contributed by atoms with Crippen LogP contribution in [-0.2, 0) is 0 Å². The fraction of sp³-hybridized carbons (Fsp3) is 0. The molecule has 12 aromatic carbocycles. The Hall–Kier alpha value is -9.70. The van der Waals surface area contributed by atoms with Crippen LogP contribution in [0.5, 0.6) is 0 Å². The molecule has 0 saturated carbocycles. The first-order chi connectivity index (χ1) is 36.2. The first-order valence-corrected chi connectivity index (χ1v) is 25.1. The van der Waals surface area contributed by atoms with Gasteiger partial charge >= 0.3 is 0 Å². The van der Waals surface area contributed by atoms with Gasteiger partial charge in [-0.3, -0.25) is 0 Å². The lowest BCUT2D eigenvalue weighted by molar-refractivity contribution is 1.14. The summed E-state index contributed by atoms with van der Waals surface area (Å²) in [6, 6.07) is 104. The number of benzene rings is 12. The zero-order valence-electron chi connectivity index (χ0n) is 40.0. The van der Waals surface area contributed by atoms with Gasteiger partial charge in [-0.25, -0.2) is 0 Å². The van der Waals surface area contributed by atoms with Crippen LogP contribution in [0.1, 0.15) is 0 Å². The predicted octanol–water partition coefficient (Wildman–Crippen LogP) is 19.2. The van der Waals surface area contributed by atoms with Crippen molar-refractivity contribution in [3.05, 3.63) is 285 Å². The Kier molecular flexibility index (Phi) is 10.2. The van der Waals surface area contributed by atoms with Crippen molar-refractivity contribution < 1.29 is 0 Å². The molecule has 3 nitrogen and oxygen atoms in total. The smallest absolute Gasteiger partial charge is 0.0620 e. The highest BCUT2D eigenvalue weighted by Gasteiger charge is 2.25. The summed E-state index contributed by atoms with van der Waals surface area (Å²) in [5.74, 6) is 0. The number of aromatic nitrogens is 2. The number of hydrogen-bond acceptors (Lipinski definition) is 1.